The number of ether oxygens (including phenoxy) is 2. The van der Waals surface area contributed by atoms with Crippen molar-refractivity contribution in [2.24, 2.45) is 0 Å². The molecule has 8 nitrogen and oxygen atoms in total. The van der Waals surface area contributed by atoms with Crippen LogP contribution >= 0.6 is 11.3 Å². The van der Waals surface area contributed by atoms with E-state index in [-0.39, 0.29) is 11.8 Å². The van der Waals surface area contributed by atoms with Gasteiger partial charge in [0.2, 0.25) is 11.8 Å². The molecular formula is C23H30N4O4S. The Morgan fingerprint density at radius 1 is 0.938 bits per heavy atom. The van der Waals surface area contributed by atoms with Crippen LogP contribution in [0.25, 0.3) is 0 Å². The van der Waals surface area contributed by atoms with Crippen LogP contribution in [0.4, 0.5) is 5.69 Å². The Bertz CT molecular complexity index is 926. The number of carbonyl (C=O) groups is 2. The number of fused-ring (bicyclic) bond motifs is 1. The van der Waals surface area contributed by atoms with Crippen LogP contribution in [-0.4, -0.2) is 93.1 Å². The predicted molar refractivity (Wildman–Crippen MR) is 125 cm³/mol. The molecule has 1 aromatic carbocycles. The normalized spacial score (nSPS) is 16.6. The first-order valence-corrected chi connectivity index (χ1v) is 11.7. The topological polar surface area (TPSA) is 65.6 Å². The third-order valence-corrected chi connectivity index (χ3v) is 6.58. The molecule has 0 saturated carbocycles. The van der Waals surface area contributed by atoms with Crippen LogP contribution in [0.15, 0.2) is 35.7 Å². The molecule has 0 unspecified atom stereocenters. The Balaban J connectivity index is 1.42. The summed E-state index contributed by atoms with van der Waals surface area (Å²) in [5.41, 5.74) is 0.808. The zero-order valence-corrected chi connectivity index (χ0v) is 19.5. The number of thiophene rings is 1. The maximum Gasteiger partial charge on any atom is 0.241 e. The highest BCUT2D eigenvalue weighted by molar-refractivity contribution is 7.09. The van der Waals surface area contributed by atoms with Crippen molar-refractivity contribution in [3.63, 3.8) is 0 Å². The van der Waals surface area contributed by atoms with Gasteiger partial charge in [-0.15, -0.1) is 11.3 Å². The lowest BCUT2D eigenvalue weighted by atomic mass is 10.2. The fourth-order valence-electron chi connectivity index (χ4n) is 3.80. The van der Waals surface area contributed by atoms with Gasteiger partial charge in [0.1, 0.15) is 13.2 Å². The van der Waals surface area contributed by atoms with Crippen LogP contribution in [0.1, 0.15) is 4.88 Å². The van der Waals surface area contributed by atoms with E-state index < -0.39 is 0 Å². The second-order valence-electron chi connectivity index (χ2n) is 8.23. The minimum absolute atomic E-state index is 0.0490. The average molecular weight is 459 g/mol. The fourth-order valence-corrected chi connectivity index (χ4v) is 4.49. The van der Waals surface area contributed by atoms with Gasteiger partial charge in [0.05, 0.1) is 19.6 Å². The highest BCUT2D eigenvalue weighted by atomic mass is 32.1. The number of rotatable bonds is 7. The van der Waals surface area contributed by atoms with E-state index in [1.54, 1.807) is 30.3 Å². The van der Waals surface area contributed by atoms with Gasteiger partial charge in [0, 0.05) is 56.9 Å². The maximum absolute atomic E-state index is 13.4. The zero-order chi connectivity index (χ0) is 22.5. The maximum atomic E-state index is 13.4. The average Bonchev–Trinajstić information content (AvgIpc) is 3.31. The van der Waals surface area contributed by atoms with Crippen molar-refractivity contribution in [1.82, 2.24) is 14.7 Å². The van der Waals surface area contributed by atoms with E-state index in [0.29, 0.717) is 44.3 Å². The smallest absolute Gasteiger partial charge is 0.241 e. The van der Waals surface area contributed by atoms with Crippen LogP contribution in [-0.2, 0) is 16.1 Å². The lowest BCUT2D eigenvalue weighted by Crippen LogP contribution is -2.51. The summed E-state index contributed by atoms with van der Waals surface area (Å²) >= 11 is 1.64. The summed E-state index contributed by atoms with van der Waals surface area (Å²) in [7, 11) is 3.55. The summed E-state index contributed by atoms with van der Waals surface area (Å²) in [5.74, 6) is 1.55. The molecule has 2 aliphatic heterocycles. The second kappa shape index (κ2) is 10.3. The third kappa shape index (κ3) is 5.59. The minimum Gasteiger partial charge on any atom is -0.486 e. The first-order chi connectivity index (χ1) is 15.5. The number of benzene rings is 1. The Morgan fingerprint density at radius 2 is 1.59 bits per heavy atom. The first kappa shape index (κ1) is 22.6. The molecule has 9 heteroatoms. The summed E-state index contributed by atoms with van der Waals surface area (Å²) < 4.78 is 11.4. The number of piperazine rings is 1. The Kier molecular flexibility index (Phi) is 7.29. The van der Waals surface area contributed by atoms with E-state index in [0.717, 1.165) is 36.7 Å². The Hall–Kier alpha value is -2.62. The molecule has 2 aliphatic rings. The zero-order valence-electron chi connectivity index (χ0n) is 18.7. The summed E-state index contributed by atoms with van der Waals surface area (Å²) in [6, 6.07) is 9.73. The number of anilines is 1. The van der Waals surface area contributed by atoms with Crippen LogP contribution in [0.2, 0.25) is 0 Å². The fraction of sp³-hybridized carbons (Fsp3) is 0.478. The van der Waals surface area contributed by atoms with Crippen molar-refractivity contribution >= 4 is 28.8 Å². The molecule has 32 heavy (non-hydrogen) atoms. The summed E-state index contributed by atoms with van der Waals surface area (Å²) in [4.78, 5) is 34.2. The summed E-state index contributed by atoms with van der Waals surface area (Å²) in [6.45, 7) is 5.43. The van der Waals surface area contributed by atoms with E-state index >= 15 is 0 Å². The molecule has 0 aliphatic carbocycles. The third-order valence-electron chi connectivity index (χ3n) is 5.71. The molecule has 2 amide bonds. The van der Waals surface area contributed by atoms with Gasteiger partial charge in [-0.25, -0.2) is 0 Å². The van der Waals surface area contributed by atoms with Crippen LogP contribution in [0.3, 0.4) is 0 Å². The molecule has 1 aromatic heterocycles. The Morgan fingerprint density at radius 3 is 2.22 bits per heavy atom. The number of nitrogens with zero attached hydrogens (tertiary/aromatic N) is 4. The highest BCUT2D eigenvalue weighted by Gasteiger charge is 2.25. The van der Waals surface area contributed by atoms with Gasteiger partial charge in [-0.3, -0.25) is 19.4 Å². The van der Waals surface area contributed by atoms with Crippen molar-refractivity contribution in [1.29, 1.82) is 0 Å². The Labute approximate surface area is 192 Å². The van der Waals surface area contributed by atoms with Crippen molar-refractivity contribution in [3.05, 3.63) is 40.6 Å². The highest BCUT2D eigenvalue weighted by Crippen LogP contribution is 2.34. The van der Waals surface area contributed by atoms with Gasteiger partial charge in [-0.05, 0) is 23.6 Å². The van der Waals surface area contributed by atoms with Crippen molar-refractivity contribution in [3.8, 4) is 11.5 Å². The quantitative estimate of drug-likeness (QED) is 0.630. The molecule has 172 valence electrons. The summed E-state index contributed by atoms with van der Waals surface area (Å²) in [5, 5.41) is 2.02. The predicted octanol–water partition coefficient (Wildman–Crippen LogP) is 1.76. The molecule has 0 N–H and O–H groups in total. The van der Waals surface area contributed by atoms with Gasteiger partial charge in [-0.1, -0.05) is 6.07 Å². The molecule has 1 saturated heterocycles. The largest absolute Gasteiger partial charge is 0.486 e. The summed E-state index contributed by atoms with van der Waals surface area (Å²) in [6.07, 6.45) is 0. The van der Waals surface area contributed by atoms with Gasteiger partial charge in [0.25, 0.3) is 0 Å². The van der Waals surface area contributed by atoms with Crippen molar-refractivity contribution in [2.75, 3.05) is 71.5 Å². The number of hydrogen-bond donors (Lipinski definition) is 0. The van der Waals surface area contributed by atoms with E-state index in [1.807, 2.05) is 40.6 Å². The first-order valence-electron chi connectivity index (χ1n) is 10.9. The van der Waals surface area contributed by atoms with E-state index in [2.05, 4.69) is 9.80 Å². The molecule has 2 aromatic rings. The molecule has 0 radical (unpaired) electrons. The van der Waals surface area contributed by atoms with Gasteiger partial charge in [-0.2, -0.15) is 0 Å². The molecule has 1 fully saturated rings. The van der Waals surface area contributed by atoms with E-state index in [1.165, 1.54) is 0 Å². The second-order valence-corrected chi connectivity index (χ2v) is 9.26. The van der Waals surface area contributed by atoms with E-state index in [9.17, 15) is 9.59 Å². The lowest BCUT2D eigenvalue weighted by molar-refractivity contribution is -0.130. The van der Waals surface area contributed by atoms with E-state index in [4.69, 9.17) is 9.47 Å². The molecule has 4 rings (SSSR count). The SMILES string of the molecule is CN(C)C(=O)CN1CCN(CC(=O)N(Cc2cccs2)c2ccc3c(c2)OCCO3)CC1. The molecule has 0 bridgehead atoms. The lowest BCUT2D eigenvalue weighted by Gasteiger charge is -2.35. The number of amides is 2. The van der Waals surface area contributed by atoms with Gasteiger partial charge >= 0.3 is 0 Å². The standard InChI is InChI=1S/C23H30N4O4S/c1-24(2)22(28)16-25-7-9-26(10-8-25)17-23(29)27(15-19-4-3-13-32-19)18-5-6-20-21(14-18)31-12-11-30-20/h3-6,13-14H,7-12,15-17H2,1-2H3. The van der Waals surface area contributed by atoms with Gasteiger partial charge in [0.15, 0.2) is 11.5 Å². The molecule has 3 heterocycles. The number of hydrogen-bond acceptors (Lipinski definition) is 7. The molecule has 0 atom stereocenters. The van der Waals surface area contributed by atoms with Crippen molar-refractivity contribution < 1.29 is 19.1 Å². The van der Waals surface area contributed by atoms with Crippen LogP contribution < -0.4 is 14.4 Å². The molecular weight excluding hydrogens is 428 g/mol. The minimum atomic E-state index is 0.0490. The van der Waals surface area contributed by atoms with Crippen LogP contribution in [0.5, 0.6) is 11.5 Å². The van der Waals surface area contributed by atoms with Crippen LogP contribution in [0, 0.1) is 0 Å². The van der Waals surface area contributed by atoms with Crippen molar-refractivity contribution in [2.45, 2.75) is 6.54 Å². The van der Waals surface area contributed by atoms with Gasteiger partial charge < -0.3 is 19.3 Å². The monoisotopic (exact) mass is 458 g/mol. The number of likely N-dealkylation sites (N-methyl/N-ethyl adjacent to an activating group) is 1. The number of carbonyl (C=O) groups excluding carboxylic acids is 2. The molecule has 0 spiro atoms.